The van der Waals surface area contributed by atoms with Crippen molar-refractivity contribution in [1.29, 1.82) is 0 Å². The van der Waals surface area contributed by atoms with Crippen LogP contribution in [-0.4, -0.2) is 27.4 Å². The van der Waals surface area contributed by atoms with E-state index in [4.69, 9.17) is 0 Å². The van der Waals surface area contributed by atoms with E-state index in [0.717, 1.165) is 25.3 Å². The minimum Gasteiger partial charge on any atom is -0.313 e. The van der Waals surface area contributed by atoms with Crippen molar-refractivity contribution in [2.75, 3.05) is 6.54 Å². The van der Waals surface area contributed by atoms with Crippen LogP contribution in [0.2, 0.25) is 0 Å². The lowest BCUT2D eigenvalue weighted by atomic mass is 9.76. The molecule has 1 heterocycles. The van der Waals surface area contributed by atoms with Crippen LogP contribution in [0.1, 0.15) is 39.1 Å². The van der Waals surface area contributed by atoms with Crippen molar-refractivity contribution < 1.29 is 0 Å². The zero-order chi connectivity index (χ0) is 15.3. The molecular weight excluding hydrogens is 260 g/mol. The van der Waals surface area contributed by atoms with Crippen LogP contribution in [0.3, 0.4) is 0 Å². The molecule has 21 heavy (non-hydrogen) atoms. The fraction of sp³-hybridized carbons (Fsp3) is 0.529. The summed E-state index contributed by atoms with van der Waals surface area (Å²) in [5.41, 5.74) is 1.38. The summed E-state index contributed by atoms with van der Waals surface area (Å²) in [6, 6.07) is 11.0. The Bertz CT molecular complexity index is 545. The second-order valence-electron chi connectivity index (χ2n) is 5.89. The third-order valence-corrected chi connectivity index (χ3v) is 4.22. The summed E-state index contributed by atoms with van der Waals surface area (Å²) in [7, 11) is 0. The average molecular weight is 286 g/mol. The first-order valence-corrected chi connectivity index (χ1v) is 7.75. The van der Waals surface area contributed by atoms with Crippen molar-refractivity contribution in [2.45, 2.75) is 52.1 Å². The normalized spacial score (nSPS) is 13.3. The second-order valence-corrected chi connectivity index (χ2v) is 5.89. The first-order valence-electron chi connectivity index (χ1n) is 7.75. The number of hydrogen-bond donors (Lipinski definition) is 1. The summed E-state index contributed by atoms with van der Waals surface area (Å²) in [4.78, 5) is 4.43. The van der Waals surface area contributed by atoms with Crippen molar-refractivity contribution in [3.8, 4) is 0 Å². The molecule has 0 radical (unpaired) electrons. The maximum Gasteiger partial charge on any atom is 0.138 e. The van der Waals surface area contributed by atoms with Crippen LogP contribution in [-0.2, 0) is 18.4 Å². The van der Waals surface area contributed by atoms with Crippen molar-refractivity contribution >= 4 is 0 Å². The van der Waals surface area contributed by atoms with Crippen molar-refractivity contribution in [1.82, 2.24) is 20.1 Å². The van der Waals surface area contributed by atoms with Gasteiger partial charge in [-0.05, 0) is 19.0 Å². The highest BCUT2D eigenvalue weighted by Gasteiger charge is 2.31. The van der Waals surface area contributed by atoms with E-state index >= 15 is 0 Å². The smallest absolute Gasteiger partial charge is 0.138 e. The first kappa shape index (κ1) is 15.7. The molecule has 0 spiro atoms. The maximum absolute atomic E-state index is 4.43. The van der Waals surface area contributed by atoms with Gasteiger partial charge in [0.1, 0.15) is 12.2 Å². The highest BCUT2D eigenvalue weighted by Crippen LogP contribution is 2.28. The number of rotatable bonds is 7. The summed E-state index contributed by atoms with van der Waals surface area (Å²) in [6.45, 7) is 10.6. The molecule has 1 atom stereocenters. The molecule has 1 N–H and O–H groups in total. The Hall–Kier alpha value is -1.68. The average Bonchev–Trinajstić information content (AvgIpc) is 2.95. The molecule has 0 aliphatic carbocycles. The maximum atomic E-state index is 4.43. The fourth-order valence-electron chi connectivity index (χ4n) is 2.79. The number of benzene rings is 1. The Morgan fingerprint density at radius 3 is 2.52 bits per heavy atom. The highest BCUT2D eigenvalue weighted by molar-refractivity contribution is 5.26. The fourth-order valence-corrected chi connectivity index (χ4v) is 2.79. The molecule has 114 valence electrons. The summed E-state index contributed by atoms with van der Waals surface area (Å²) in [6.07, 6.45) is 2.53. The van der Waals surface area contributed by atoms with E-state index in [-0.39, 0.29) is 5.41 Å². The van der Waals surface area contributed by atoms with Gasteiger partial charge >= 0.3 is 0 Å². The van der Waals surface area contributed by atoms with E-state index in [1.54, 1.807) is 6.33 Å². The molecule has 0 bridgehead atoms. The number of nitrogens with zero attached hydrogens (tertiary/aromatic N) is 3. The number of aromatic nitrogens is 3. The van der Waals surface area contributed by atoms with Gasteiger partial charge in [-0.25, -0.2) is 4.98 Å². The molecule has 4 heteroatoms. The molecule has 1 aromatic carbocycles. The number of likely N-dealkylation sites (N-methyl/N-ethyl adjacent to an activating group) is 1. The SMILES string of the molecule is CCNC(Cc1ncnn1CC)C(C)(C)c1ccccc1. The van der Waals surface area contributed by atoms with Crippen LogP contribution in [0.25, 0.3) is 0 Å². The molecule has 4 nitrogen and oxygen atoms in total. The van der Waals surface area contributed by atoms with Gasteiger partial charge in [-0.3, -0.25) is 4.68 Å². The van der Waals surface area contributed by atoms with Crippen LogP contribution in [0, 0.1) is 0 Å². The van der Waals surface area contributed by atoms with Crippen LogP contribution in [0.4, 0.5) is 0 Å². The van der Waals surface area contributed by atoms with Crippen LogP contribution < -0.4 is 5.32 Å². The van der Waals surface area contributed by atoms with Gasteiger partial charge < -0.3 is 5.32 Å². The van der Waals surface area contributed by atoms with Crippen LogP contribution in [0.5, 0.6) is 0 Å². The molecule has 2 aromatic rings. The molecule has 0 aliphatic heterocycles. The standard InChI is InChI=1S/C17H26N4/c1-5-18-15(12-16-19-13-20-21(16)6-2)17(3,4)14-10-8-7-9-11-14/h7-11,13,15,18H,5-6,12H2,1-4H3. The lowest BCUT2D eigenvalue weighted by Gasteiger charge is -2.35. The van der Waals surface area contributed by atoms with E-state index in [9.17, 15) is 0 Å². The second kappa shape index (κ2) is 6.85. The summed E-state index contributed by atoms with van der Waals surface area (Å²) in [5.74, 6) is 1.05. The third kappa shape index (κ3) is 3.50. The monoisotopic (exact) mass is 286 g/mol. The van der Waals surface area contributed by atoms with Crippen molar-refractivity contribution in [3.63, 3.8) is 0 Å². The summed E-state index contributed by atoms with van der Waals surface area (Å²) >= 11 is 0. The van der Waals surface area contributed by atoms with E-state index < -0.39 is 0 Å². The van der Waals surface area contributed by atoms with Gasteiger partial charge in [0.2, 0.25) is 0 Å². The third-order valence-electron chi connectivity index (χ3n) is 4.22. The lowest BCUT2D eigenvalue weighted by molar-refractivity contribution is 0.334. The zero-order valence-corrected chi connectivity index (χ0v) is 13.5. The van der Waals surface area contributed by atoms with E-state index in [0.29, 0.717) is 6.04 Å². The van der Waals surface area contributed by atoms with Crippen molar-refractivity contribution in [3.05, 3.63) is 48.0 Å². The van der Waals surface area contributed by atoms with Gasteiger partial charge in [0.25, 0.3) is 0 Å². The van der Waals surface area contributed by atoms with Crippen LogP contribution >= 0.6 is 0 Å². The Morgan fingerprint density at radius 1 is 1.19 bits per heavy atom. The van der Waals surface area contributed by atoms with Gasteiger partial charge in [-0.2, -0.15) is 5.10 Å². The minimum absolute atomic E-state index is 0.0296. The highest BCUT2D eigenvalue weighted by atomic mass is 15.3. The molecule has 0 amide bonds. The van der Waals surface area contributed by atoms with E-state index in [1.807, 2.05) is 4.68 Å². The Kier molecular flexibility index (Phi) is 5.12. The molecule has 0 fully saturated rings. The molecule has 1 aromatic heterocycles. The number of hydrogen-bond acceptors (Lipinski definition) is 3. The minimum atomic E-state index is 0.0296. The van der Waals surface area contributed by atoms with Crippen molar-refractivity contribution in [2.24, 2.45) is 0 Å². The van der Waals surface area contributed by atoms with Gasteiger partial charge in [-0.1, -0.05) is 51.1 Å². The zero-order valence-electron chi connectivity index (χ0n) is 13.5. The quantitative estimate of drug-likeness (QED) is 0.851. The van der Waals surface area contributed by atoms with Gasteiger partial charge in [-0.15, -0.1) is 0 Å². The molecular formula is C17H26N4. The van der Waals surface area contributed by atoms with Gasteiger partial charge in [0.15, 0.2) is 0 Å². The molecule has 0 saturated heterocycles. The summed E-state index contributed by atoms with van der Waals surface area (Å²) < 4.78 is 1.98. The Balaban J connectivity index is 2.26. The molecule has 0 saturated carbocycles. The molecule has 2 rings (SSSR count). The molecule has 0 aliphatic rings. The predicted octanol–water partition coefficient (Wildman–Crippen LogP) is 2.80. The Labute approximate surface area is 127 Å². The summed E-state index contributed by atoms with van der Waals surface area (Å²) in [5, 5.41) is 7.91. The number of aryl methyl sites for hydroxylation is 1. The van der Waals surface area contributed by atoms with E-state index in [2.05, 4.69) is 73.4 Å². The molecule has 1 unspecified atom stereocenters. The van der Waals surface area contributed by atoms with E-state index in [1.165, 1.54) is 5.56 Å². The van der Waals surface area contributed by atoms with Gasteiger partial charge in [0.05, 0.1) is 0 Å². The topological polar surface area (TPSA) is 42.7 Å². The van der Waals surface area contributed by atoms with Crippen LogP contribution in [0.15, 0.2) is 36.7 Å². The number of nitrogens with one attached hydrogen (secondary N) is 1. The largest absolute Gasteiger partial charge is 0.313 e. The predicted molar refractivity (Wildman–Crippen MR) is 86.3 cm³/mol. The Morgan fingerprint density at radius 2 is 1.90 bits per heavy atom. The first-order chi connectivity index (χ1) is 10.1. The lowest BCUT2D eigenvalue weighted by Crippen LogP contribution is -2.46. The van der Waals surface area contributed by atoms with Gasteiger partial charge in [0, 0.05) is 24.4 Å².